The van der Waals surface area contributed by atoms with Crippen molar-refractivity contribution < 1.29 is 58.2 Å². The molecule has 0 saturated carbocycles. The second-order valence-corrected chi connectivity index (χ2v) is 22.3. The number of hydrogen-bond donors (Lipinski definition) is 3. The van der Waals surface area contributed by atoms with Crippen LogP contribution in [0.15, 0.2) is 146 Å². The number of allylic oxidation sites excluding steroid dienone is 24. The van der Waals surface area contributed by atoms with Crippen LogP contribution >= 0.6 is 0 Å². The predicted molar refractivity (Wildman–Crippen MR) is 358 cm³/mol. The molecule has 1 aliphatic heterocycles. The number of rotatable bonds is 56. The number of carbonyl (C=O) groups is 4. The molecule has 87 heavy (non-hydrogen) atoms. The molecule has 1 rings (SSSR count). The highest BCUT2D eigenvalue weighted by atomic mass is 16.7. The number of aliphatic hydroxyl groups is 2. The monoisotopic (exact) mass is 1210 g/mol. The third-order valence-electron chi connectivity index (χ3n) is 14.4. The molecule has 12 nitrogen and oxygen atoms in total. The Kier molecular flexibility index (Phi) is 55.7. The van der Waals surface area contributed by atoms with Crippen molar-refractivity contribution in [3.05, 3.63) is 146 Å². The van der Waals surface area contributed by atoms with Gasteiger partial charge < -0.3 is 39.0 Å². The summed E-state index contributed by atoms with van der Waals surface area (Å²) in [4.78, 5) is 51.4. The zero-order valence-corrected chi connectivity index (χ0v) is 54.2. The van der Waals surface area contributed by atoms with Crippen LogP contribution in [0.25, 0.3) is 0 Å². The number of hydrogen-bond acceptors (Lipinski definition) is 11. The van der Waals surface area contributed by atoms with Gasteiger partial charge in [-0.05, 0) is 128 Å². The second kappa shape index (κ2) is 60.9. The molecule has 0 bridgehead atoms. The number of carbonyl (C=O) groups excluding carboxylic acids is 3. The first kappa shape index (κ1) is 79.6. The molecule has 6 unspecified atom stereocenters. The van der Waals surface area contributed by atoms with E-state index in [1.165, 1.54) is 51.4 Å². The van der Waals surface area contributed by atoms with Crippen LogP contribution in [0.5, 0.6) is 0 Å². The van der Waals surface area contributed by atoms with E-state index in [-0.39, 0.29) is 25.9 Å². The van der Waals surface area contributed by atoms with Crippen LogP contribution in [-0.4, -0.2) is 89.2 Å². The number of ether oxygens (including phenoxy) is 5. The quantitative estimate of drug-likeness (QED) is 0.0228. The summed E-state index contributed by atoms with van der Waals surface area (Å²) in [7, 11) is 0. The first-order valence-electron chi connectivity index (χ1n) is 33.8. The van der Waals surface area contributed by atoms with Gasteiger partial charge in [-0.2, -0.15) is 0 Å². The average Bonchev–Trinajstić information content (AvgIpc) is 2.56. The van der Waals surface area contributed by atoms with Crippen molar-refractivity contribution in [3.8, 4) is 0 Å². The van der Waals surface area contributed by atoms with E-state index < -0.39 is 67.3 Å². The maximum absolute atomic E-state index is 13.2. The van der Waals surface area contributed by atoms with Gasteiger partial charge in [0.2, 0.25) is 0 Å². The Balaban J connectivity index is 2.72. The molecule has 490 valence electrons. The topological polar surface area (TPSA) is 175 Å². The third kappa shape index (κ3) is 50.2. The van der Waals surface area contributed by atoms with Crippen LogP contribution in [-0.2, 0) is 42.9 Å². The molecule has 0 amide bonds. The molecule has 0 spiro atoms. The molecule has 6 atom stereocenters. The minimum atomic E-state index is -1.93. The fourth-order valence-electron chi connectivity index (χ4n) is 9.30. The molecule has 1 saturated heterocycles. The highest BCUT2D eigenvalue weighted by Crippen LogP contribution is 2.26. The van der Waals surface area contributed by atoms with Gasteiger partial charge in [0.25, 0.3) is 0 Å². The summed E-state index contributed by atoms with van der Waals surface area (Å²) in [6.45, 7) is 5.69. The summed E-state index contributed by atoms with van der Waals surface area (Å²) < 4.78 is 28.5. The lowest BCUT2D eigenvalue weighted by Crippen LogP contribution is -2.61. The molecule has 0 aliphatic carbocycles. The van der Waals surface area contributed by atoms with Crippen molar-refractivity contribution in [1.82, 2.24) is 0 Å². The Hall–Kier alpha value is -5.40. The number of unbranched alkanes of at least 4 members (excludes halogenated alkanes) is 18. The van der Waals surface area contributed by atoms with E-state index in [1.54, 1.807) is 0 Å². The van der Waals surface area contributed by atoms with E-state index in [0.29, 0.717) is 19.3 Å². The molecule has 0 radical (unpaired) electrons. The molecule has 0 aromatic carbocycles. The van der Waals surface area contributed by atoms with E-state index >= 15 is 0 Å². The Labute approximate surface area is 527 Å². The standard InChI is InChI=1S/C75H118O12/c1-4-7-10-13-16-19-22-25-28-31-34-37-40-43-46-49-52-55-58-61-67(76)83-64-66(85-68(77)62-59-56-53-50-47-44-41-38-35-32-29-26-23-20-17-14-11-8-5-2)65-84-75-73(71(80)70(79)72(87-75)74(81)82)86-69(78)63-60-57-54-51-48-45-42-39-36-33-30-27-24-21-18-15-12-9-6-3/h7,9-10,12,16-21,25-30,34,36-37,39,43,46,52,55,66,70-73,75,79-80H,4-6,8,11,13-15,22-24,31-33,35,38,40-42,44-45,47-51,53-54,56-65H2,1-3H3,(H,81,82)/b10-7-,12-9-,19-16-,20-17-,21-18-,28-25-,29-26-,30-27-,37-34-,39-36-,46-43-,55-52-. The van der Waals surface area contributed by atoms with Crippen molar-refractivity contribution in [2.75, 3.05) is 13.2 Å². The van der Waals surface area contributed by atoms with Crippen molar-refractivity contribution in [2.24, 2.45) is 0 Å². The van der Waals surface area contributed by atoms with Crippen LogP contribution in [0.4, 0.5) is 0 Å². The Morgan fingerprint density at radius 1 is 0.391 bits per heavy atom. The van der Waals surface area contributed by atoms with E-state index in [1.807, 2.05) is 12.2 Å². The Morgan fingerprint density at radius 3 is 1.15 bits per heavy atom. The van der Waals surface area contributed by atoms with Crippen LogP contribution in [0.3, 0.4) is 0 Å². The number of carboxylic acids is 1. The van der Waals surface area contributed by atoms with Gasteiger partial charge in [0, 0.05) is 19.3 Å². The number of carboxylic acid groups (broad SMARTS) is 1. The van der Waals surface area contributed by atoms with E-state index in [2.05, 4.69) is 154 Å². The maximum atomic E-state index is 13.2. The highest BCUT2D eigenvalue weighted by molar-refractivity contribution is 5.74. The van der Waals surface area contributed by atoms with Gasteiger partial charge in [-0.15, -0.1) is 0 Å². The van der Waals surface area contributed by atoms with Crippen molar-refractivity contribution in [1.29, 1.82) is 0 Å². The summed E-state index contributed by atoms with van der Waals surface area (Å²) in [5.41, 5.74) is 0. The van der Waals surface area contributed by atoms with Crippen molar-refractivity contribution in [3.63, 3.8) is 0 Å². The smallest absolute Gasteiger partial charge is 0.335 e. The Bertz CT molecular complexity index is 2070. The largest absolute Gasteiger partial charge is 0.479 e. The van der Waals surface area contributed by atoms with Crippen molar-refractivity contribution >= 4 is 23.9 Å². The predicted octanol–water partition coefficient (Wildman–Crippen LogP) is 18.7. The maximum Gasteiger partial charge on any atom is 0.335 e. The number of esters is 3. The highest BCUT2D eigenvalue weighted by Gasteiger charge is 2.50. The molecule has 0 aromatic rings. The molecule has 1 fully saturated rings. The van der Waals surface area contributed by atoms with E-state index in [4.69, 9.17) is 23.7 Å². The lowest BCUT2D eigenvalue weighted by atomic mass is 9.98. The average molecular weight is 1210 g/mol. The number of aliphatic carboxylic acids is 1. The lowest BCUT2D eigenvalue weighted by molar-refractivity contribution is -0.301. The van der Waals surface area contributed by atoms with E-state index in [9.17, 15) is 34.5 Å². The minimum absolute atomic E-state index is 0.0288. The molecule has 12 heteroatoms. The van der Waals surface area contributed by atoms with Gasteiger partial charge in [-0.3, -0.25) is 14.4 Å². The molecule has 1 aliphatic rings. The van der Waals surface area contributed by atoms with Gasteiger partial charge in [0.05, 0.1) is 6.61 Å². The summed E-state index contributed by atoms with van der Waals surface area (Å²) >= 11 is 0. The first-order valence-corrected chi connectivity index (χ1v) is 33.8. The minimum Gasteiger partial charge on any atom is -0.479 e. The lowest BCUT2D eigenvalue weighted by Gasteiger charge is -2.40. The van der Waals surface area contributed by atoms with Gasteiger partial charge in [0.15, 0.2) is 24.6 Å². The molecule has 3 N–H and O–H groups in total. The summed E-state index contributed by atoms with van der Waals surface area (Å²) in [6, 6.07) is 0. The summed E-state index contributed by atoms with van der Waals surface area (Å²) in [5.74, 6) is -3.27. The van der Waals surface area contributed by atoms with Gasteiger partial charge in [0.1, 0.15) is 18.8 Å². The van der Waals surface area contributed by atoms with Crippen LogP contribution < -0.4 is 0 Å². The summed E-state index contributed by atoms with van der Waals surface area (Å²) in [5, 5.41) is 31.7. The van der Waals surface area contributed by atoms with Crippen molar-refractivity contribution in [2.45, 2.75) is 289 Å². The fourth-order valence-corrected chi connectivity index (χ4v) is 9.30. The number of aliphatic hydroxyl groups excluding tert-OH is 2. The van der Waals surface area contributed by atoms with Gasteiger partial charge in [-0.25, -0.2) is 4.79 Å². The second-order valence-electron chi connectivity index (χ2n) is 22.3. The van der Waals surface area contributed by atoms with Gasteiger partial charge >= 0.3 is 23.9 Å². The first-order chi connectivity index (χ1) is 42.6. The zero-order chi connectivity index (χ0) is 63.1. The molecule has 1 heterocycles. The summed E-state index contributed by atoms with van der Waals surface area (Å²) in [6.07, 6.45) is 75.2. The Morgan fingerprint density at radius 2 is 0.747 bits per heavy atom. The zero-order valence-electron chi connectivity index (χ0n) is 54.2. The molecular formula is C75H118O12. The molecule has 0 aromatic heterocycles. The normalized spacial score (nSPS) is 18.3. The van der Waals surface area contributed by atoms with E-state index in [0.717, 1.165) is 141 Å². The van der Waals surface area contributed by atoms with Crippen LogP contribution in [0.1, 0.15) is 252 Å². The van der Waals surface area contributed by atoms with Gasteiger partial charge in [-0.1, -0.05) is 250 Å². The molecular weight excluding hydrogens is 1090 g/mol. The fraction of sp³-hybridized carbons (Fsp3) is 0.627. The third-order valence-corrected chi connectivity index (χ3v) is 14.4. The van der Waals surface area contributed by atoms with Crippen LogP contribution in [0, 0.1) is 0 Å². The SMILES string of the molecule is CC/C=C\C/C=C\C/C=C\C/C=C\C/C=C\C/C=C\CCC(=O)OCC(COC1OC(C(=O)O)C(O)C(O)C1OC(=O)CCCCCCCC/C=C\C/C=C\C/C=C\C/C=C\CC)OC(=O)CCCCCCCCCCC/C=C\C/C=C\CCCCC. The van der Waals surface area contributed by atoms with Crippen LogP contribution in [0.2, 0.25) is 0 Å².